The summed E-state index contributed by atoms with van der Waals surface area (Å²) in [6.07, 6.45) is 8.39. The molecule has 0 radical (unpaired) electrons. The Morgan fingerprint density at radius 1 is 1.21 bits per heavy atom. The summed E-state index contributed by atoms with van der Waals surface area (Å²) in [7, 11) is 0. The van der Waals surface area contributed by atoms with Crippen LogP contribution in [-0.2, 0) is 4.74 Å². The molecule has 0 amide bonds. The molecule has 0 bridgehead atoms. The largest absolute Gasteiger partial charge is 0.375 e. The van der Waals surface area contributed by atoms with Crippen LogP contribution in [0.15, 0.2) is 0 Å². The van der Waals surface area contributed by atoms with Gasteiger partial charge in [0.25, 0.3) is 0 Å². The topological polar surface area (TPSA) is 38.5 Å². The second kappa shape index (κ2) is 5.34. The third kappa shape index (κ3) is 2.24. The Labute approximate surface area is 117 Å². The highest BCUT2D eigenvalue weighted by molar-refractivity contribution is 5.05. The minimum absolute atomic E-state index is 0.245. The number of morpholine rings is 1. The van der Waals surface area contributed by atoms with E-state index in [4.69, 9.17) is 10.5 Å². The van der Waals surface area contributed by atoms with Gasteiger partial charge in [0.1, 0.15) is 0 Å². The molecule has 2 N–H and O–H groups in total. The van der Waals surface area contributed by atoms with E-state index < -0.39 is 0 Å². The van der Waals surface area contributed by atoms with Crippen molar-refractivity contribution >= 4 is 0 Å². The SMILES string of the molecule is CC1CCC(C)C(CN)(N2CCOC3CCCC32)C1. The monoisotopic (exact) mass is 266 g/mol. The first-order chi connectivity index (χ1) is 9.17. The molecule has 5 atom stereocenters. The zero-order chi connectivity index (χ0) is 13.5. The summed E-state index contributed by atoms with van der Waals surface area (Å²) in [6, 6.07) is 0.644. The van der Waals surface area contributed by atoms with E-state index in [0.717, 1.165) is 31.5 Å². The van der Waals surface area contributed by atoms with E-state index in [2.05, 4.69) is 18.7 Å². The van der Waals surface area contributed by atoms with Gasteiger partial charge in [-0.3, -0.25) is 4.90 Å². The maximum Gasteiger partial charge on any atom is 0.0731 e. The van der Waals surface area contributed by atoms with Crippen LogP contribution in [0.2, 0.25) is 0 Å². The second-order valence-electron chi connectivity index (χ2n) is 7.20. The van der Waals surface area contributed by atoms with E-state index in [1.165, 1.54) is 38.5 Å². The summed E-state index contributed by atoms with van der Waals surface area (Å²) in [5.41, 5.74) is 6.57. The molecule has 0 aromatic heterocycles. The quantitative estimate of drug-likeness (QED) is 0.834. The average Bonchev–Trinajstić information content (AvgIpc) is 2.90. The second-order valence-corrected chi connectivity index (χ2v) is 7.20. The minimum Gasteiger partial charge on any atom is -0.375 e. The zero-order valence-electron chi connectivity index (χ0n) is 12.6. The Kier molecular flexibility index (Phi) is 3.89. The number of hydrogen-bond donors (Lipinski definition) is 1. The van der Waals surface area contributed by atoms with Crippen LogP contribution in [-0.4, -0.2) is 42.3 Å². The minimum atomic E-state index is 0.245. The number of nitrogens with zero attached hydrogens (tertiary/aromatic N) is 1. The molecule has 0 aromatic carbocycles. The standard InChI is InChI=1S/C16H30N2O/c1-12-6-7-13(2)16(10-12,11-17)18-8-9-19-15-5-3-4-14(15)18/h12-15H,3-11,17H2,1-2H3. The fourth-order valence-electron chi connectivity index (χ4n) is 4.99. The molecule has 2 aliphatic carbocycles. The molecule has 1 heterocycles. The summed E-state index contributed by atoms with van der Waals surface area (Å²) in [4.78, 5) is 2.79. The lowest BCUT2D eigenvalue weighted by Gasteiger charge is -2.56. The van der Waals surface area contributed by atoms with Gasteiger partial charge in [0.15, 0.2) is 0 Å². The van der Waals surface area contributed by atoms with Crippen LogP contribution in [0.1, 0.15) is 52.4 Å². The molecule has 2 saturated carbocycles. The Bertz CT molecular complexity index is 322. The van der Waals surface area contributed by atoms with Gasteiger partial charge in [0.05, 0.1) is 12.7 Å². The van der Waals surface area contributed by atoms with Crippen LogP contribution >= 0.6 is 0 Å². The van der Waals surface area contributed by atoms with E-state index in [-0.39, 0.29) is 5.54 Å². The maximum atomic E-state index is 6.32. The molecular weight excluding hydrogens is 236 g/mol. The van der Waals surface area contributed by atoms with Crippen LogP contribution in [0.3, 0.4) is 0 Å². The lowest BCUT2D eigenvalue weighted by Crippen LogP contribution is -2.67. The van der Waals surface area contributed by atoms with Crippen molar-refractivity contribution in [3.63, 3.8) is 0 Å². The van der Waals surface area contributed by atoms with Gasteiger partial charge < -0.3 is 10.5 Å². The van der Waals surface area contributed by atoms with Crippen LogP contribution in [0.4, 0.5) is 0 Å². The molecule has 19 heavy (non-hydrogen) atoms. The molecular formula is C16H30N2O. The number of nitrogens with two attached hydrogens (primary N) is 1. The number of ether oxygens (including phenoxy) is 1. The fraction of sp³-hybridized carbons (Fsp3) is 1.00. The van der Waals surface area contributed by atoms with E-state index >= 15 is 0 Å². The Hall–Kier alpha value is -0.120. The molecule has 3 aliphatic rings. The number of fused-ring (bicyclic) bond motifs is 1. The van der Waals surface area contributed by atoms with Crippen molar-refractivity contribution in [1.82, 2.24) is 4.90 Å². The molecule has 0 spiro atoms. The molecule has 3 rings (SSSR count). The smallest absolute Gasteiger partial charge is 0.0731 e. The highest BCUT2D eigenvalue weighted by Crippen LogP contribution is 2.44. The Morgan fingerprint density at radius 2 is 2.05 bits per heavy atom. The van der Waals surface area contributed by atoms with Crippen LogP contribution in [0, 0.1) is 11.8 Å². The van der Waals surface area contributed by atoms with Gasteiger partial charge in [0.2, 0.25) is 0 Å². The van der Waals surface area contributed by atoms with Gasteiger partial charge >= 0.3 is 0 Å². The van der Waals surface area contributed by atoms with Crippen molar-refractivity contribution in [3.05, 3.63) is 0 Å². The van der Waals surface area contributed by atoms with E-state index in [1.807, 2.05) is 0 Å². The molecule has 3 heteroatoms. The molecule has 3 nitrogen and oxygen atoms in total. The number of rotatable bonds is 2. The highest BCUT2D eigenvalue weighted by Gasteiger charge is 2.50. The van der Waals surface area contributed by atoms with Gasteiger partial charge in [-0.05, 0) is 43.9 Å². The van der Waals surface area contributed by atoms with Crippen molar-refractivity contribution in [1.29, 1.82) is 0 Å². The van der Waals surface area contributed by atoms with Crippen molar-refractivity contribution in [2.24, 2.45) is 17.6 Å². The van der Waals surface area contributed by atoms with Crippen molar-refractivity contribution in [2.45, 2.75) is 70.1 Å². The molecule has 0 aromatic rings. The van der Waals surface area contributed by atoms with Crippen molar-refractivity contribution < 1.29 is 4.74 Å². The maximum absolute atomic E-state index is 6.32. The van der Waals surface area contributed by atoms with Gasteiger partial charge in [-0.15, -0.1) is 0 Å². The molecule has 3 fully saturated rings. The van der Waals surface area contributed by atoms with E-state index in [1.54, 1.807) is 0 Å². The van der Waals surface area contributed by atoms with E-state index in [9.17, 15) is 0 Å². The van der Waals surface area contributed by atoms with Gasteiger partial charge in [-0.1, -0.05) is 20.3 Å². The first-order valence-corrected chi connectivity index (χ1v) is 8.26. The summed E-state index contributed by atoms with van der Waals surface area (Å²) in [5.74, 6) is 1.55. The van der Waals surface area contributed by atoms with Crippen LogP contribution < -0.4 is 5.73 Å². The third-order valence-electron chi connectivity index (χ3n) is 6.12. The predicted octanol–water partition coefficient (Wildman–Crippen LogP) is 2.39. The van der Waals surface area contributed by atoms with Crippen molar-refractivity contribution in [3.8, 4) is 0 Å². The van der Waals surface area contributed by atoms with Crippen LogP contribution in [0.25, 0.3) is 0 Å². The van der Waals surface area contributed by atoms with Crippen LogP contribution in [0.5, 0.6) is 0 Å². The van der Waals surface area contributed by atoms with Gasteiger partial charge in [-0.2, -0.15) is 0 Å². The lowest BCUT2D eigenvalue weighted by atomic mass is 9.68. The normalized spacial score (nSPS) is 48.2. The fourth-order valence-corrected chi connectivity index (χ4v) is 4.99. The predicted molar refractivity (Wildman–Crippen MR) is 78.0 cm³/mol. The lowest BCUT2D eigenvalue weighted by molar-refractivity contribution is -0.124. The van der Waals surface area contributed by atoms with Gasteiger partial charge in [-0.25, -0.2) is 0 Å². The zero-order valence-corrected chi connectivity index (χ0v) is 12.6. The highest BCUT2D eigenvalue weighted by atomic mass is 16.5. The van der Waals surface area contributed by atoms with Gasteiger partial charge in [0, 0.05) is 24.7 Å². The van der Waals surface area contributed by atoms with Crippen molar-refractivity contribution in [2.75, 3.05) is 19.7 Å². The first-order valence-electron chi connectivity index (χ1n) is 8.26. The summed E-state index contributed by atoms with van der Waals surface area (Å²) in [6.45, 7) is 7.65. The third-order valence-corrected chi connectivity index (χ3v) is 6.12. The first kappa shape index (κ1) is 13.8. The molecule has 5 unspecified atom stereocenters. The number of hydrogen-bond acceptors (Lipinski definition) is 3. The summed E-state index contributed by atoms with van der Waals surface area (Å²) >= 11 is 0. The Morgan fingerprint density at radius 3 is 2.84 bits per heavy atom. The van der Waals surface area contributed by atoms with E-state index in [0.29, 0.717) is 12.1 Å². The average molecular weight is 266 g/mol. The summed E-state index contributed by atoms with van der Waals surface area (Å²) < 4.78 is 5.99. The molecule has 1 saturated heterocycles. The molecule has 110 valence electrons. The summed E-state index contributed by atoms with van der Waals surface area (Å²) in [5, 5.41) is 0. The Balaban J connectivity index is 1.87. The molecule has 1 aliphatic heterocycles.